The van der Waals surface area contributed by atoms with E-state index in [0.717, 1.165) is 25.5 Å². The van der Waals surface area contributed by atoms with E-state index in [1.165, 1.54) is 29.9 Å². The number of nitrogens with zero attached hydrogens (tertiary/aromatic N) is 4. The molecule has 0 aromatic heterocycles. The molecule has 1 atom stereocenters. The Labute approximate surface area is 212 Å². The SMILES string of the molecule is N#Cc1cc(C2=NC3=CN=CN(O)C3S2)ccc1Sc1ccc(Cl)cc1.[KH]. The predicted molar refractivity (Wildman–Crippen MR) is 112 cm³/mol. The zero-order chi connectivity index (χ0) is 18.1. The van der Waals surface area contributed by atoms with Crippen LogP contribution in [0.1, 0.15) is 11.1 Å². The number of nitriles is 1. The van der Waals surface area contributed by atoms with Crippen LogP contribution in [-0.4, -0.2) is 78.4 Å². The molecule has 2 aromatic carbocycles. The molecule has 5 nitrogen and oxygen atoms in total. The fourth-order valence-electron chi connectivity index (χ4n) is 2.49. The van der Waals surface area contributed by atoms with Gasteiger partial charge in [-0.05, 0) is 36.4 Å². The number of benzene rings is 2. The molecule has 4 rings (SSSR count). The third-order valence-electron chi connectivity index (χ3n) is 3.73. The van der Waals surface area contributed by atoms with Gasteiger partial charge in [0.05, 0.1) is 17.5 Å². The Morgan fingerprint density at radius 2 is 2.00 bits per heavy atom. The molecule has 0 saturated heterocycles. The van der Waals surface area contributed by atoms with Crippen LogP contribution >= 0.6 is 35.1 Å². The molecule has 0 saturated carbocycles. The van der Waals surface area contributed by atoms with Crippen LogP contribution in [-0.2, 0) is 0 Å². The number of hydrogen-bond acceptors (Lipinski definition) is 7. The van der Waals surface area contributed by atoms with Crippen LogP contribution in [0.15, 0.2) is 74.1 Å². The van der Waals surface area contributed by atoms with Crippen molar-refractivity contribution in [2.24, 2.45) is 9.98 Å². The summed E-state index contributed by atoms with van der Waals surface area (Å²) in [7, 11) is 0. The van der Waals surface area contributed by atoms with E-state index in [-0.39, 0.29) is 56.8 Å². The van der Waals surface area contributed by atoms with E-state index in [2.05, 4.69) is 16.1 Å². The average molecular weight is 439 g/mol. The maximum atomic E-state index is 9.86. The normalized spacial score (nSPS) is 17.5. The predicted octanol–water partition coefficient (Wildman–Crippen LogP) is 4.11. The molecule has 0 radical (unpaired) electrons. The van der Waals surface area contributed by atoms with Crippen molar-refractivity contribution in [1.82, 2.24) is 5.06 Å². The molecule has 9 heteroatoms. The van der Waals surface area contributed by atoms with E-state index in [9.17, 15) is 10.5 Å². The van der Waals surface area contributed by atoms with Gasteiger partial charge in [0.15, 0.2) is 5.37 Å². The molecule has 0 aliphatic carbocycles. The van der Waals surface area contributed by atoms with Crippen LogP contribution in [0.4, 0.5) is 0 Å². The van der Waals surface area contributed by atoms with Gasteiger partial charge in [0.25, 0.3) is 0 Å². The van der Waals surface area contributed by atoms with Crippen molar-refractivity contribution in [3.8, 4) is 6.07 Å². The van der Waals surface area contributed by atoms with Crippen molar-refractivity contribution in [2.75, 3.05) is 0 Å². The van der Waals surface area contributed by atoms with E-state index in [1.807, 2.05) is 42.5 Å². The number of hydroxylamine groups is 2. The Bertz CT molecular complexity index is 1000. The van der Waals surface area contributed by atoms with Crippen molar-refractivity contribution >= 4 is 97.9 Å². The summed E-state index contributed by atoms with van der Waals surface area (Å²) in [6.07, 6.45) is 2.99. The summed E-state index contributed by atoms with van der Waals surface area (Å²) in [6, 6.07) is 15.4. The van der Waals surface area contributed by atoms with Crippen LogP contribution in [0.5, 0.6) is 0 Å². The fraction of sp³-hybridized carbons (Fsp3) is 0.0556. The average Bonchev–Trinajstić information content (AvgIpc) is 3.09. The number of halogens is 1. The molecule has 2 heterocycles. The molecule has 2 aliphatic rings. The van der Waals surface area contributed by atoms with E-state index in [1.54, 1.807) is 6.20 Å². The number of fused-ring (bicyclic) bond motifs is 1. The van der Waals surface area contributed by atoms with Gasteiger partial charge in [-0.25, -0.2) is 15.0 Å². The molecular formula is C18H12ClKN4OS2. The first kappa shape index (κ1) is 21.1. The molecular weight excluding hydrogens is 427 g/mol. The molecule has 1 unspecified atom stereocenters. The van der Waals surface area contributed by atoms with Gasteiger partial charge in [-0.1, -0.05) is 41.2 Å². The van der Waals surface area contributed by atoms with Crippen molar-refractivity contribution in [2.45, 2.75) is 15.2 Å². The summed E-state index contributed by atoms with van der Waals surface area (Å²) in [4.78, 5) is 10.3. The molecule has 2 aliphatic heterocycles. The molecule has 0 bridgehead atoms. The van der Waals surface area contributed by atoms with Crippen LogP contribution in [0.3, 0.4) is 0 Å². The fourth-order valence-corrected chi connectivity index (χ4v) is 4.52. The Hall–Kier alpha value is -0.604. The molecule has 0 amide bonds. The van der Waals surface area contributed by atoms with Gasteiger partial charge in [-0.2, -0.15) is 5.26 Å². The van der Waals surface area contributed by atoms with Crippen LogP contribution in [0, 0.1) is 11.3 Å². The third-order valence-corrected chi connectivity index (χ3v) is 6.29. The molecule has 2 aromatic rings. The standard InChI is InChI=1S/C18H11ClN4OS2.K.H/c19-13-2-4-14(5-3-13)25-16-6-1-11(7-12(16)8-20)17-22-15-9-21-10-23(24)18(15)26-17;;/h1-7,9-10,18,24H;;. The Kier molecular flexibility index (Phi) is 7.24. The summed E-state index contributed by atoms with van der Waals surface area (Å²) in [5.74, 6) is 0. The van der Waals surface area contributed by atoms with E-state index < -0.39 is 0 Å². The number of hydrogen-bond donors (Lipinski definition) is 1. The summed E-state index contributed by atoms with van der Waals surface area (Å²) in [6.45, 7) is 0. The molecule has 0 spiro atoms. The number of thioether (sulfide) groups is 1. The summed E-state index contributed by atoms with van der Waals surface area (Å²) >= 11 is 8.85. The molecule has 27 heavy (non-hydrogen) atoms. The Morgan fingerprint density at radius 1 is 1.22 bits per heavy atom. The first-order valence-corrected chi connectivity index (χ1v) is 9.65. The van der Waals surface area contributed by atoms with E-state index >= 15 is 0 Å². The van der Waals surface area contributed by atoms with Crippen molar-refractivity contribution in [1.29, 1.82) is 5.26 Å². The van der Waals surface area contributed by atoms with Gasteiger partial charge in [0.1, 0.15) is 17.5 Å². The third kappa shape index (κ3) is 4.70. The monoisotopic (exact) mass is 438 g/mol. The van der Waals surface area contributed by atoms with Crippen LogP contribution in [0.2, 0.25) is 5.02 Å². The quantitative estimate of drug-likeness (QED) is 0.730. The minimum absolute atomic E-state index is 0. The first-order chi connectivity index (χ1) is 12.6. The number of rotatable bonds is 3. The Balaban J connectivity index is 0.00000210. The zero-order valence-electron chi connectivity index (χ0n) is 13.2. The maximum absolute atomic E-state index is 9.86. The first-order valence-electron chi connectivity index (χ1n) is 7.58. The summed E-state index contributed by atoms with van der Waals surface area (Å²) < 4.78 is 0. The number of aliphatic imine (C=N–C) groups is 2. The second-order valence-corrected chi connectivity index (χ2v) is 8.09. The van der Waals surface area contributed by atoms with Gasteiger partial charge in [0.2, 0.25) is 0 Å². The van der Waals surface area contributed by atoms with Crippen LogP contribution in [0.25, 0.3) is 0 Å². The second-order valence-electron chi connectivity index (χ2n) is 5.46. The summed E-state index contributed by atoms with van der Waals surface area (Å²) in [5, 5.41) is 21.6. The van der Waals surface area contributed by atoms with E-state index in [0.29, 0.717) is 16.3 Å². The summed E-state index contributed by atoms with van der Waals surface area (Å²) in [5.41, 5.74) is 2.11. The van der Waals surface area contributed by atoms with Crippen molar-refractivity contribution in [3.63, 3.8) is 0 Å². The molecule has 130 valence electrons. The van der Waals surface area contributed by atoms with Crippen molar-refractivity contribution in [3.05, 3.63) is 70.5 Å². The molecule has 0 fully saturated rings. The van der Waals surface area contributed by atoms with Gasteiger partial charge in [-0.15, -0.1) is 0 Å². The van der Waals surface area contributed by atoms with Gasteiger partial charge in [-0.3, -0.25) is 5.21 Å². The molecule has 1 N–H and O–H groups in total. The van der Waals surface area contributed by atoms with Gasteiger partial charge < -0.3 is 0 Å². The topological polar surface area (TPSA) is 72.0 Å². The zero-order valence-corrected chi connectivity index (χ0v) is 15.6. The van der Waals surface area contributed by atoms with E-state index in [4.69, 9.17) is 11.6 Å². The van der Waals surface area contributed by atoms with Gasteiger partial charge >= 0.3 is 51.4 Å². The van der Waals surface area contributed by atoms with Gasteiger partial charge in [0, 0.05) is 20.4 Å². The Morgan fingerprint density at radius 3 is 2.70 bits per heavy atom. The van der Waals surface area contributed by atoms with Crippen LogP contribution < -0.4 is 0 Å². The second kappa shape index (κ2) is 9.26. The van der Waals surface area contributed by atoms with Crippen molar-refractivity contribution < 1.29 is 5.21 Å². The minimum atomic E-state index is -0.295.